The van der Waals surface area contributed by atoms with Gasteiger partial charge in [-0.3, -0.25) is 14.4 Å². The molecule has 0 saturated carbocycles. The monoisotopic (exact) mass is 424 g/mol. The van der Waals surface area contributed by atoms with Crippen molar-refractivity contribution in [3.05, 3.63) is 81.5 Å². The van der Waals surface area contributed by atoms with E-state index in [0.717, 1.165) is 16.1 Å². The van der Waals surface area contributed by atoms with E-state index in [4.69, 9.17) is 16.4 Å². The van der Waals surface area contributed by atoms with Gasteiger partial charge in [-0.1, -0.05) is 35.4 Å². The van der Waals surface area contributed by atoms with Crippen molar-refractivity contribution < 1.29 is 14.4 Å². The predicted molar refractivity (Wildman–Crippen MR) is 113 cm³/mol. The molecule has 2 saturated heterocycles. The highest BCUT2D eigenvalue weighted by molar-refractivity contribution is 7.10. The van der Waals surface area contributed by atoms with Gasteiger partial charge in [0.05, 0.1) is 11.4 Å². The summed E-state index contributed by atoms with van der Waals surface area (Å²) in [4.78, 5) is 34.9. The average Bonchev–Trinajstić information content (AvgIpc) is 3.41. The molecule has 1 aromatic heterocycles. The highest BCUT2D eigenvalue weighted by atomic mass is 35.5. The zero-order chi connectivity index (χ0) is 20.1. The van der Waals surface area contributed by atoms with E-state index in [2.05, 4.69) is 0 Å². The first-order valence-corrected chi connectivity index (χ1v) is 10.5. The molecule has 2 aromatic carbocycles. The third kappa shape index (κ3) is 2.95. The van der Waals surface area contributed by atoms with Gasteiger partial charge in [0.15, 0.2) is 6.10 Å². The van der Waals surface area contributed by atoms with Crippen molar-refractivity contribution >= 4 is 46.1 Å². The Hall–Kier alpha value is -2.67. The molecule has 3 heterocycles. The number of hydrogen-bond acceptors (Lipinski definition) is 5. The van der Waals surface area contributed by atoms with Gasteiger partial charge in [-0.25, -0.2) is 9.96 Å². The number of fused-ring (bicyclic) bond motifs is 1. The van der Waals surface area contributed by atoms with Crippen LogP contribution >= 0.6 is 22.9 Å². The van der Waals surface area contributed by atoms with Crippen molar-refractivity contribution in [2.24, 2.45) is 5.92 Å². The van der Waals surface area contributed by atoms with Gasteiger partial charge in [-0.05, 0) is 54.8 Å². The van der Waals surface area contributed by atoms with E-state index in [9.17, 15) is 9.59 Å². The van der Waals surface area contributed by atoms with E-state index in [1.165, 1.54) is 4.90 Å². The highest BCUT2D eigenvalue weighted by Crippen LogP contribution is 2.48. The number of aryl methyl sites for hydroxylation is 1. The van der Waals surface area contributed by atoms with Crippen molar-refractivity contribution in [3.8, 4) is 0 Å². The summed E-state index contributed by atoms with van der Waals surface area (Å²) < 4.78 is 0. The second kappa shape index (κ2) is 6.99. The van der Waals surface area contributed by atoms with Crippen molar-refractivity contribution in [3.63, 3.8) is 0 Å². The van der Waals surface area contributed by atoms with Gasteiger partial charge in [0.2, 0.25) is 5.91 Å². The summed E-state index contributed by atoms with van der Waals surface area (Å²) >= 11 is 7.57. The Balaban J connectivity index is 1.56. The number of benzene rings is 2. The number of thiophene rings is 1. The number of carbonyl (C=O) groups excluding carboxylic acids is 2. The van der Waals surface area contributed by atoms with Crippen molar-refractivity contribution in [1.29, 1.82) is 0 Å². The summed E-state index contributed by atoms with van der Waals surface area (Å²) in [5.74, 6) is -1.18. The summed E-state index contributed by atoms with van der Waals surface area (Å²) in [5.41, 5.74) is 2.39. The third-order valence-corrected chi connectivity index (χ3v) is 6.52. The number of amides is 2. The molecule has 3 atom stereocenters. The molecule has 0 unspecified atom stereocenters. The summed E-state index contributed by atoms with van der Waals surface area (Å²) in [6, 6.07) is 18.1. The van der Waals surface area contributed by atoms with Crippen molar-refractivity contribution in [2.75, 3.05) is 9.96 Å². The molecule has 5 nitrogen and oxygen atoms in total. The van der Waals surface area contributed by atoms with Crippen LogP contribution in [0.3, 0.4) is 0 Å². The van der Waals surface area contributed by atoms with Crippen LogP contribution in [0.1, 0.15) is 16.5 Å². The zero-order valence-corrected chi connectivity index (χ0v) is 17.1. The van der Waals surface area contributed by atoms with Crippen molar-refractivity contribution in [1.82, 2.24) is 0 Å². The summed E-state index contributed by atoms with van der Waals surface area (Å²) in [5, 5.41) is 4.25. The quantitative estimate of drug-likeness (QED) is 0.569. The Morgan fingerprint density at radius 2 is 1.62 bits per heavy atom. The Bertz CT molecular complexity index is 1070. The number of hydroxylamine groups is 1. The molecule has 2 amide bonds. The third-order valence-electron chi connectivity index (χ3n) is 5.32. The van der Waals surface area contributed by atoms with Crippen molar-refractivity contribution in [2.45, 2.75) is 19.1 Å². The molecule has 3 aromatic rings. The molecule has 146 valence electrons. The number of rotatable bonds is 3. The van der Waals surface area contributed by atoms with Gasteiger partial charge in [-0.15, -0.1) is 11.3 Å². The van der Waals surface area contributed by atoms with Crippen LogP contribution < -0.4 is 9.96 Å². The number of hydrogen-bond donors (Lipinski definition) is 0. The maximum atomic E-state index is 13.4. The smallest absolute Gasteiger partial charge is 0.266 e. The van der Waals surface area contributed by atoms with Crippen LogP contribution in [0, 0.1) is 12.8 Å². The minimum absolute atomic E-state index is 0.237. The maximum Gasteiger partial charge on any atom is 0.266 e. The first-order valence-electron chi connectivity index (χ1n) is 9.24. The normalized spacial score (nSPS) is 23.7. The lowest BCUT2D eigenvalue weighted by atomic mass is 9.95. The molecule has 2 aliphatic heterocycles. The minimum atomic E-state index is -0.855. The molecule has 0 N–H and O–H groups in total. The lowest BCUT2D eigenvalue weighted by Gasteiger charge is -2.27. The molecule has 0 bridgehead atoms. The second-order valence-electron chi connectivity index (χ2n) is 7.16. The van der Waals surface area contributed by atoms with Gasteiger partial charge in [-0.2, -0.15) is 0 Å². The van der Waals surface area contributed by atoms with E-state index in [0.29, 0.717) is 10.7 Å². The molecule has 29 heavy (non-hydrogen) atoms. The first kappa shape index (κ1) is 18.4. The largest absolute Gasteiger partial charge is 0.273 e. The van der Waals surface area contributed by atoms with Crippen LogP contribution in [0.25, 0.3) is 0 Å². The number of carbonyl (C=O) groups is 2. The summed E-state index contributed by atoms with van der Waals surface area (Å²) in [6.45, 7) is 1.96. The lowest BCUT2D eigenvalue weighted by molar-refractivity contribution is -0.126. The number of halogens is 1. The standard InChI is InChI=1S/C22H17ClN2O3S/c1-13-4-8-15(9-5-13)24-21(26)18-19(17-3-2-12-29-17)25(28-20(18)22(24)27)16-10-6-14(23)7-11-16/h2-12,18-20H,1H3/t18-,19+,20-/m0/s1. The van der Waals surface area contributed by atoms with E-state index >= 15 is 0 Å². The van der Waals surface area contributed by atoms with E-state index in [-0.39, 0.29) is 17.9 Å². The first-order chi connectivity index (χ1) is 14.0. The maximum absolute atomic E-state index is 13.4. The van der Waals surface area contributed by atoms with Crippen LogP contribution in [0.4, 0.5) is 11.4 Å². The number of anilines is 2. The van der Waals surface area contributed by atoms with Gasteiger partial charge in [0.25, 0.3) is 5.91 Å². The second-order valence-corrected chi connectivity index (χ2v) is 8.58. The number of imide groups is 1. The fourth-order valence-corrected chi connectivity index (χ4v) is 4.90. The molecule has 0 spiro atoms. The van der Waals surface area contributed by atoms with Gasteiger partial charge in [0, 0.05) is 9.90 Å². The van der Waals surface area contributed by atoms with Crippen LogP contribution in [-0.2, 0) is 14.4 Å². The fourth-order valence-electron chi connectivity index (χ4n) is 3.92. The number of nitrogens with zero attached hydrogens (tertiary/aromatic N) is 2. The zero-order valence-electron chi connectivity index (χ0n) is 15.5. The van der Waals surface area contributed by atoms with Gasteiger partial charge in [0.1, 0.15) is 12.0 Å². The summed E-state index contributed by atoms with van der Waals surface area (Å²) in [7, 11) is 0. The molecular weight excluding hydrogens is 408 g/mol. The fraction of sp³-hybridized carbons (Fsp3) is 0.182. The minimum Gasteiger partial charge on any atom is -0.273 e. The molecule has 2 aliphatic rings. The topological polar surface area (TPSA) is 49.9 Å². The van der Waals surface area contributed by atoms with Crippen LogP contribution in [0.5, 0.6) is 0 Å². The van der Waals surface area contributed by atoms with E-state index in [1.54, 1.807) is 40.7 Å². The lowest BCUT2D eigenvalue weighted by Crippen LogP contribution is -2.37. The molecule has 0 radical (unpaired) electrons. The Morgan fingerprint density at radius 3 is 2.28 bits per heavy atom. The average molecular weight is 425 g/mol. The van der Waals surface area contributed by atoms with Crippen LogP contribution in [0.15, 0.2) is 66.0 Å². The molecular formula is C22H17ClN2O3S. The molecule has 2 fully saturated rings. The van der Waals surface area contributed by atoms with E-state index in [1.807, 2.05) is 48.7 Å². The highest BCUT2D eigenvalue weighted by Gasteiger charge is 2.60. The SMILES string of the molecule is Cc1ccc(N2C(=O)[C@@H]3[C@H](ON(c4ccc(Cl)cc4)[C@@H]3c3cccs3)C2=O)cc1. The Kier molecular flexibility index (Phi) is 4.42. The Morgan fingerprint density at radius 1 is 0.931 bits per heavy atom. The Labute approximate surface area is 177 Å². The molecule has 7 heteroatoms. The summed E-state index contributed by atoms with van der Waals surface area (Å²) in [6.07, 6.45) is -0.855. The molecule has 5 rings (SSSR count). The van der Waals surface area contributed by atoms with Gasteiger partial charge >= 0.3 is 0 Å². The van der Waals surface area contributed by atoms with Gasteiger partial charge < -0.3 is 0 Å². The molecule has 0 aliphatic carbocycles. The predicted octanol–water partition coefficient (Wildman–Crippen LogP) is 4.76. The van der Waals surface area contributed by atoms with Crippen LogP contribution in [-0.4, -0.2) is 17.9 Å². The van der Waals surface area contributed by atoms with Crippen LogP contribution in [0.2, 0.25) is 5.02 Å². The van der Waals surface area contributed by atoms with E-state index < -0.39 is 12.0 Å².